The third kappa shape index (κ3) is 5.73. The zero-order valence-electron chi connectivity index (χ0n) is 24.9. The van der Waals surface area contributed by atoms with Gasteiger partial charge in [0.05, 0.1) is 0 Å². The van der Waals surface area contributed by atoms with Gasteiger partial charge >= 0.3 is 282 Å². The summed E-state index contributed by atoms with van der Waals surface area (Å²) in [5.41, 5.74) is 5.93. The first-order valence-corrected chi connectivity index (χ1v) is 21.0. The van der Waals surface area contributed by atoms with Crippen molar-refractivity contribution in [3.05, 3.63) is 203 Å². The molecule has 0 heterocycles. The summed E-state index contributed by atoms with van der Waals surface area (Å²) < 4.78 is 0.999. The fourth-order valence-electron chi connectivity index (χ4n) is 6.72. The zero-order chi connectivity index (χ0) is 30.0. The molecule has 2 aliphatic rings. The van der Waals surface area contributed by atoms with Gasteiger partial charge in [-0.1, -0.05) is 0 Å². The van der Waals surface area contributed by atoms with Crippen LogP contribution in [-0.2, 0) is 23.2 Å². The molecule has 0 radical (unpaired) electrons. The van der Waals surface area contributed by atoms with Gasteiger partial charge in [-0.15, -0.1) is 0 Å². The molecule has 2 atom stereocenters. The summed E-state index contributed by atoms with van der Waals surface area (Å²) in [5, 5.41) is 9.06. The Balaban J connectivity index is 1.27. The third-order valence-corrected chi connectivity index (χ3v) is 19.7. The van der Waals surface area contributed by atoms with Crippen molar-refractivity contribution in [2.24, 2.45) is 0 Å². The average Bonchev–Trinajstić information content (AvgIpc) is 3.65. The second-order valence-corrected chi connectivity index (χ2v) is 19.5. The van der Waals surface area contributed by atoms with E-state index in [1.165, 1.54) is 32.3 Å². The normalized spacial score (nSPS) is 16.7. The van der Waals surface area contributed by atoms with Crippen LogP contribution in [0.2, 0.25) is 0 Å². The van der Waals surface area contributed by atoms with Gasteiger partial charge in [0.1, 0.15) is 0 Å². The molecule has 0 bridgehead atoms. The van der Waals surface area contributed by atoms with E-state index in [0.717, 1.165) is 0 Å². The topological polar surface area (TPSA) is 0 Å². The Kier molecular flexibility index (Phi) is 8.44. The second kappa shape index (κ2) is 13.1. The van der Waals surface area contributed by atoms with Gasteiger partial charge in [-0.2, -0.15) is 0 Å². The van der Waals surface area contributed by atoms with Crippen molar-refractivity contribution in [3.8, 4) is 0 Å². The van der Waals surface area contributed by atoms with Gasteiger partial charge < -0.3 is 0 Å². The van der Waals surface area contributed by atoms with E-state index in [1.807, 2.05) is 0 Å². The van der Waals surface area contributed by atoms with E-state index < -0.39 is 39.1 Å². The van der Waals surface area contributed by atoms with Gasteiger partial charge in [-0.3, -0.25) is 0 Å². The van der Waals surface area contributed by atoms with Crippen molar-refractivity contribution >= 4 is 49.2 Å². The molecule has 0 fully saturated rings. The number of fused-ring (bicyclic) bond motifs is 2. The van der Waals surface area contributed by atoms with Crippen molar-refractivity contribution in [1.82, 2.24) is 0 Å². The van der Waals surface area contributed by atoms with E-state index >= 15 is 0 Å². The third-order valence-electron chi connectivity index (χ3n) is 8.72. The molecule has 214 valence electrons. The van der Waals surface area contributed by atoms with Crippen molar-refractivity contribution < 1.29 is 23.2 Å². The molecule has 8 rings (SSSR count). The molecule has 0 saturated carbocycles. The quantitative estimate of drug-likeness (QED) is 0.140. The van der Waals surface area contributed by atoms with Gasteiger partial charge in [-0.25, -0.2) is 0 Å². The van der Waals surface area contributed by atoms with Crippen LogP contribution in [0.1, 0.15) is 29.5 Å². The monoisotopic (exact) mass is 688 g/mol. The number of rotatable bonds is 8. The molecule has 0 nitrogen and oxygen atoms in total. The molecule has 6 aromatic rings. The first-order chi connectivity index (χ1) is 22.3. The minimum absolute atomic E-state index is 0.499. The molecule has 2 unspecified atom stereocenters. The summed E-state index contributed by atoms with van der Waals surface area (Å²) in [6.45, 7) is 0. The molecule has 0 aromatic heterocycles. The van der Waals surface area contributed by atoms with Crippen LogP contribution in [0, 0.1) is 0 Å². The first-order valence-electron chi connectivity index (χ1n) is 15.5. The van der Waals surface area contributed by atoms with E-state index in [2.05, 4.69) is 182 Å². The molecule has 0 amide bonds. The van der Waals surface area contributed by atoms with Crippen LogP contribution >= 0.6 is 15.8 Å². The van der Waals surface area contributed by atoms with Crippen molar-refractivity contribution in [1.29, 1.82) is 0 Å². The predicted octanol–water partition coefficient (Wildman–Crippen LogP) is 9.53. The molecule has 45 heavy (non-hydrogen) atoms. The Hall–Kier alpha value is -3.46. The summed E-state index contributed by atoms with van der Waals surface area (Å²) >= 11 is -1.16. The maximum absolute atomic E-state index is 2.58. The van der Waals surface area contributed by atoms with E-state index in [0.29, 0.717) is 7.25 Å². The van der Waals surface area contributed by atoms with Gasteiger partial charge in [-0.05, 0) is 0 Å². The Bertz CT molecular complexity index is 1760. The molecule has 3 heteroatoms. The molecule has 0 aliphatic heterocycles. The fraction of sp³-hybridized carbons (Fsp3) is 0.0476. The first kappa shape index (κ1) is 29.0. The van der Waals surface area contributed by atoms with E-state index in [9.17, 15) is 0 Å². The number of benzene rings is 6. The van der Waals surface area contributed by atoms with Crippen LogP contribution < -0.4 is 21.2 Å². The predicted molar refractivity (Wildman–Crippen MR) is 192 cm³/mol. The van der Waals surface area contributed by atoms with E-state index in [-0.39, 0.29) is 0 Å². The molecule has 6 aromatic carbocycles. The Morgan fingerprint density at radius 2 is 0.622 bits per heavy atom. The molecule has 2 aliphatic carbocycles. The minimum atomic E-state index is -1.16. The van der Waals surface area contributed by atoms with Crippen LogP contribution in [0.25, 0.3) is 12.2 Å². The summed E-state index contributed by atoms with van der Waals surface area (Å²) in [4.78, 5) is 0. The molecule has 0 spiro atoms. The van der Waals surface area contributed by atoms with Gasteiger partial charge in [0.25, 0.3) is 0 Å². The standard InChI is InChI=1S/2C21H16P.Zr/c2*1-3-11-19(12-4-1)22(20-13-5-2-6-14-20)21-15-17-9-7-8-10-18(17)16-21;/h2*1-16H;. The summed E-state index contributed by atoms with van der Waals surface area (Å²) in [6.07, 6.45) is 5.15. The molecular weight excluding hydrogens is 658 g/mol. The van der Waals surface area contributed by atoms with Crippen LogP contribution in [0.5, 0.6) is 0 Å². The van der Waals surface area contributed by atoms with Crippen molar-refractivity contribution in [3.63, 3.8) is 0 Å². The number of hydrogen-bond acceptors (Lipinski definition) is 0. The molecule has 0 saturated heterocycles. The Morgan fingerprint density at radius 3 is 0.956 bits per heavy atom. The number of hydrogen-bond donors (Lipinski definition) is 0. The Labute approximate surface area is 280 Å². The SMILES string of the molecule is C1=C(P(c2ccccc2)c2ccccc2)[CH]([Zr][CH]2C(P(c3ccccc3)c3ccccc3)=Cc3ccccc32)c2ccccc21. The van der Waals surface area contributed by atoms with Crippen LogP contribution in [0.4, 0.5) is 0 Å². The molecule has 0 N–H and O–H groups in total. The van der Waals surface area contributed by atoms with E-state index in [4.69, 9.17) is 0 Å². The van der Waals surface area contributed by atoms with Crippen LogP contribution in [0.3, 0.4) is 0 Å². The van der Waals surface area contributed by atoms with Crippen molar-refractivity contribution in [2.45, 2.75) is 7.25 Å². The average molecular weight is 690 g/mol. The van der Waals surface area contributed by atoms with Crippen LogP contribution in [0.15, 0.2) is 180 Å². The zero-order valence-corrected chi connectivity index (χ0v) is 29.1. The van der Waals surface area contributed by atoms with Gasteiger partial charge in [0.15, 0.2) is 0 Å². The summed E-state index contributed by atoms with van der Waals surface area (Å²) in [6, 6.07) is 63.6. The second-order valence-electron chi connectivity index (χ2n) is 11.4. The summed E-state index contributed by atoms with van der Waals surface area (Å²) in [7, 11) is -1.31. The van der Waals surface area contributed by atoms with Gasteiger partial charge in [0.2, 0.25) is 0 Å². The van der Waals surface area contributed by atoms with Crippen molar-refractivity contribution in [2.75, 3.05) is 0 Å². The fourth-order valence-corrected chi connectivity index (χ4v) is 18.8. The number of allylic oxidation sites excluding steroid dienone is 2. The summed E-state index contributed by atoms with van der Waals surface area (Å²) in [5.74, 6) is 0. The maximum atomic E-state index is 2.58. The van der Waals surface area contributed by atoms with Gasteiger partial charge in [0, 0.05) is 0 Å². The Morgan fingerprint density at radius 1 is 0.333 bits per heavy atom. The molecular formula is C42H32P2Zr. The van der Waals surface area contributed by atoms with Crippen LogP contribution in [-0.4, -0.2) is 0 Å². The van der Waals surface area contributed by atoms with E-state index in [1.54, 1.807) is 21.8 Å².